The number of rotatable bonds is 2. The number of anilines is 1. The highest BCUT2D eigenvalue weighted by molar-refractivity contribution is 5.70. The number of hydrogen-bond acceptors (Lipinski definition) is 3. The Hall–Kier alpha value is -2.49. The largest absolute Gasteiger partial charge is 0.444 e. The minimum absolute atomic E-state index is 0.0877. The molecule has 4 nitrogen and oxygen atoms in total. The van der Waals surface area contributed by atoms with E-state index >= 15 is 0 Å². The van der Waals surface area contributed by atoms with E-state index in [0.29, 0.717) is 0 Å². The number of nitrogens with zero attached hydrogens (tertiary/aromatic N) is 1. The van der Waals surface area contributed by atoms with Gasteiger partial charge in [-0.25, -0.2) is 4.79 Å². The van der Waals surface area contributed by atoms with Crippen LogP contribution in [0.3, 0.4) is 0 Å². The van der Waals surface area contributed by atoms with Crippen LogP contribution in [0.25, 0.3) is 11.1 Å². The summed E-state index contributed by atoms with van der Waals surface area (Å²) in [4.78, 5) is 14.3. The molecule has 25 heavy (non-hydrogen) atoms. The van der Waals surface area contributed by atoms with Gasteiger partial charge in [0.05, 0.1) is 6.04 Å². The Balaban J connectivity index is 1.78. The van der Waals surface area contributed by atoms with Gasteiger partial charge in [0.25, 0.3) is 0 Å². The maximum Gasteiger partial charge on any atom is 0.410 e. The Morgan fingerprint density at radius 2 is 1.84 bits per heavy atom. The molecule has 3 rings (SSSR count). The standard InChI is InChI=1S/C21H26N2O2/c1-21(2,3)25-20(24)23-13-5-8-19(23)16-11-9-15(10-12-16)17-6-4-7-18(22)14-17/h4,6-7,9-12,14,19H,5,8,13,22H2,1-3H3. The summed E-state index contributed by atoms with van der Waals surface area (Å²) in [5, 5.41) is 0. The molecule has 1 amide bonds. The van der Waals surface area contributed by atoms with Crippen LogP contribution in [-0.4, -0.2) is 23.1 Å². The van der Waals surface area contributed by atoms with Gasteiger partial charge in [-0.05, 0) is 62.4 Å². The van der Waals surface area contributed by atoms with E-state index < -0.39 is 5.60 Å². The number of likely N-dealkylation sites (tertiary alicyclic amines) is 1. The van der Waals surface area contributed by atoms with Crippen molar-refractivity contribution in [3.63, 3.8) is 0 Å². The first-order chi connectivity index (χ1) is 11.8. The molecule has 132 valence electrons. The average Bonchev–Trinajstić information content (AvgIpc) is 3.03. The zero-order valence-corrected chi connectivity index (χ0v) is 15.2. The van der Waals surface area contributed by atoms with Crippen molar-refractivity contribution in [2.75, 3.05) is 12.3 Å². The molecular weight excluding hydrogens is 312 g/mol. The first-order valence-electron chi connectivity index (χ1n) is 8.79. The topological polar surface area (TPSA) is 55.6 Å². The number of ether oxygens (including phenoxy) is 1. The van der Waals surface area contributed by atoms with Gasteiger partial charge in [0.2, 0.25) is 0 Å². The second kappa shape index (κ2) is 6.79. The molecule has 1 unspecified atom stereocenters. The SMILES string of the molecule is CC(C)(C)OC(=O)N1CCCC1c1ccc(-c2cccc(N)c2)cc1. The van der Waals surface area contributed by atoms with Gasteiger partial charge in [0, 0.05) is 12.2 Å². The lowest BCUT2D eigenvalue weighted by molar-refractivity contribution is 0.0224. The third-order valence-electron chi connectivity index (χ3n) is 4.40. The monoisotopic (exact) mass is 338 g/mol. The molecule has 0 saturated carbocycles. The number of carbonyl (C=O) groups excluding carboxylic acids is 1. The molecule has 2 aromatic rings. The van der Waals surface area contributed by atoms with Gasteiger partial charge in [-0.2, -0.15) is 0 Å². The highest BCUT2D eigenvalue weighted by Crippen LogP contribution is 2.34. The van der Waals surface area contributed by atoms with Crippen molar-refractivity contribution >= 4 is 11.8 Å². The average molecular weight is 338 g/mol. The number of hydrogen-bond donors (Lipinski definition) is 1. The molecule has 1 aliphatic heterocycles. The van der Waals surface area contributed by atoms with E-state index in [1.165, 1.54) is 0 Å². The Kier molecular flexibility index (Phi) is 4.71. The first-order valence-corrected chi connectivity index (χ1v) is 8.79. The zero-order chi connectivity index (χ0) is 18.0. The maximum absolute atomic E-state index is 12.5. The van der Waals surface area contributed by atoms with Crippen molar-refractivity contribution in [1.29, 1.82) is 0 Å². The maximum atomic E-state index is 12.5. The molecular formula is C21H26N2O2. The molecule has 0 radical (unpaired) electrons. The summed E-state index contributed by atoms with van der Waals surface area (Å²) in [6, 6.07) is 16.3. The summed E-state index contributed by atoms with van der Waals surface area (Å²) in [5.41, 5.74) is 9.53. The lowest BCUT2D eigenvalue weighted by atomic mass is 9.99. The summed E-state index contributed by atoms with van der Waals surface area (Å²) < 4.78 is 5.55. The Morgan fingerprint density at radius 1 is 1.12 bits per heavy atom. The normalized spacial score (nSPS) is 17.6. The van der Waals surface area contributed by atoms with Crippen molar-refractivity contribution < 1.29 is 9.53 Å². The lowest BCUT2D eigenvalue weighted by Crippen LogP contribution is -2.36. The fourth-order valence-electron chi connectivity index (χ4n) is 3.27. The molecule has 1 fully saturated rings. The van der Waals surface area contributed by atoms with Crippen molar-refractivity contribution in [3.8, 4) is 11.1 Å². The molecule has 2 N–H and O–H groups in total. The van der Waals surface area contributed by atoms with E-state index in [0.717, 1.165) is 41.8 Å². The Labute approximate surface area is 149 Å². The van der Waals surface area contributed by atoms with Gasteiger partial charge in [-0.3, -0.25) is 0 Å². The first kappa shape index (κ1) is 17.3. The van der Waals surface area contributed by atoms with E-state index in [-0.39, 0.29) is 12.1 Å². The van der Waals surface area contributed by atoms with Crippen LogP contribution in [0.2, 0.25) is 0 Å². The summed E-state index contributed by atoms with van der Waals surface area (Å²) in [7, 11) is 0. The molecule has 0 bridgehead atoms. The lowest BCUT2D eigenvalue weighted by Gasteiger charge is -2.29. The summed E-state index contributed by atoms with van der Waals surface area (Å²) in [6.45, 7) is 6.44. The van der Waals surface area contributed by atoms with Crippen LogP contribution in [0.4, 0.5) is 10.5 Å². The van der Waals surface area contributed by atoms with Crippen LogP contribution in [0, 0.1) is 0 Å². The fourth-order valence-corrected chi connectivity index (χ4v) is 3.27. The second-order valence-corrected chi connectivity index (χ2v) is 7.58. The molecule has 1 aliphatic rings. The molecule has 0 aromatic heterocycles. The van der Waals surface area contributed by atoms with Crippen LogP contribution in [0.15, 0.2) is 48.5 Å². The molecule has 0 aliphatic carbocycles. The molecule has 2 aromatic carbocycles. The predicted molar refractivity (Wildman–Crippen MR) is 101 cm³/mol. The highest BCUT2D eigenvalue weighted by atomic mass is 16.6. The van der Waals surface area contributed by atoms with Crippen LogP contribution in [0.1, 0.15) is 45.2 Å². The highest BCUT2D eigenvalue weighted by Gasteiger charge is 2.33. The number of carbonyl (C=O) groups is 1. The minimum Gasteiger partial charge on any atom is -0.444 e. The number of benzene rings is 2. The van der Waals surface area contributed by atoms with E-state index in [9.17, 15) is 4.79 Å². The number of amides is 1. The smallest absolute Gasteiger partial charge is 0.410 e. The van der Waals surface area contributed by atoms with E-state index in [4.69, 9.17) is 10.5 Å². The van der Waals surface area contributed by atoms with E-state index in [1.807, 2.05) is 49.9 Å². The van der Waals surface area contributed by atoms with E-state index in [1.54, 1.807) is 0 Å². The van der Waals surface area contributed by atoms with Crippen LogP contribution < -0.4 is 5.73 Å². The van der Waals surface area contributed by atoms with Crippen molar-refractivity contribution in [2.24, 2.45) is 0 Å². The summed E-state index contributed by atoms with van der Waals surface area (Å²) in [6.07, 6.45) is 1.74. The quantitative estimate of drug-likeness (QED) is 0.783. The molecule has 4 heteroatoms. The van der Waals surface area contributed by atoms with Crippen molar-refractivity contribution in [1.82, 2.24) is 4.90 Å². The van der Waals surface area contributed by atoms with Crippen LogP contribution in [0.5, 0.6) is 0 Å². The second-order valence-electron chi connectivity index (χ2n) is 7.58. The third kappa shape index (κ3) is 4.13. The van der Waals surface area contributed by atoms with Gasteiger partial charge in [-0.1, -0.05) is 36.4 Å². The van der Waals surface area contributed by atoms with Gasteiger partial charge >= 0.3 is 6.09 Å². The summed E-state index contributed by atoms with van der Waals surface area (Å²) >= 11 is 0. The summed E-state index contributed by atoms with van der Waals surface area (Å²) in [5.74, 6) is 0. The molecule has 1 saturated heterocycles. The molecule has 0 spiro atoms. The van der Waals surface area contributed by atoms with Crippen LogP contribution >= 0.6 is 0 Å². The Morgan fingerprint density at radius 3 is 2.48 bits per heavy atom. The van der Waals surface area contributed by atoms with Crippen LogP contribution in [-0.2, 0) is 4.74 Å². The van der Waals surface area contributed by atoms with E-state index in [2.05, 4.69) is 24.3 Å². The zero-order valence-electron chi connectivity index (χ0n) is 15.2. The van der Waals surface area contributed by atoms with Crippen molar-refractivity contribution in [3.05, 3.63) is 54.1 Å². The van der Waals surface area contributed by atoms with Gasteiger partial charge in [0.1, 0.15) is 5.60 Å². The molecule has 1 heterocycles. The minimum atomic E-state index is -0.471. The predicted octanol–water partition coefficient (Wildman–Crippen LogP) is 5.01. The van der Waals surface area contributed by atoms with Crippen molar-refractivity contribution in [2.45, 2.75) is 45.3 Å². The third-order valence-corrected chi connectivity index (χ3v) is 4.40. The number of nitrogens with two attached hydrogens (primary N) is 1. The Bertz CT molecular complexity index is 747. The van der Waals surface area contributed by atoms with Gasteiger partial charge < -0.3 is 15.4 Å². The van der Waals surface area contributed by atoms with Gasteiger partial charge in [0.15, 0.2) is 0 Å². The van der Waals surface area contributed by atoms with Gasteiger partial charge in [-0.15, -0.1) is 0 Å². The number of nitrogen functional groups attached to an aromatic ring is 1. The fraction of sp³-hybridized carbons (Fsp3) is 0.381. The molecule has 1 atom stereocenters.